The zero-order valence-electron chi connectivity index (χ0n) is 18.1. The van der Waals surface area contributed by atoms with Crippen molar-refractivity contribution in [1.82, 2.24) is 10.5 Å². The third-order valence-electron chi connectivity index (χ3n) is 6.03. The fourth-order valence-electron chi connectivity index (χ4n) is 4.66. The maximum absolute atomic E-state index is 12.4. The molecule has 0 aromatic heterocycles. The van der Waals surface area contributed by atoms with Crippen LogP contribution in [0.5, 0.6) is 0 Å². The Labute approximate surface area is 194 Å². The van der Waals surface area contributed by atoms with Gasteiger partial charge in [-0.05, 0) is 59.1 Å². The summed E-state index contributed by atoms with van der Waals surface area (Å²) in [4.78, 5) is 18.8. The number of amides is 1. The highest BCUT2D eigenvalue weighted by Crippen LogP contribution is 2.38. The Balaban J connectivity index is 1.84. The van der Waals surface area contributed by atoms with Gasteiger partial charge in [0, 0.05) is 29.5 Å². The van der Waals surface area contributed by atoms with Gasteiger partial charge in [-0.15, -0.1) is 10.1 Å². The molecule has 2 aliphatic rings. The SMILES string of the molecule is CC1(C)CCCC(C)(C)N1OCC1CCC(c2ccccc2)=[N+]1NC(=O)C(Cl)(Cl)Cl. The Morgan fingerprint density at radius 2 is 1.77 bits per heavy atom. The highest BCUT2D eigenvalue weighted by Gasteiger charge is 2.45. The molecule has 30 heavy (non-hydrogen) atoms. The van der Waals surface area contributed by atoms with Crippen molar-refractivity contribution in [3.8, 4) is 0 Å². The maximum atomic E-state index is 12.4. The van der Waals surface area contributed by atoms with Crippen LogP contribution in [0.4, 0.5) is 0 Å². The largest absolute Gasteiger partial charge is 0.325 e. The second-order valence-electron chi connectivity index (χ2n) is 9.38. The molecule has 1 aromatic rings. The zero-order chi connectivity index (χ0) is 22.2. The van der Waals surface area contributed by atoms with E-state index < -0.39 is 9.70 Å². The van der Waals surface area contributed by atoms with E-state index in [-0.39, 0.29) is 17.1 Å². The molecule has 0 spiro atoms. The van der Waals surface area contributed by atoms with E-state index in [2.05, 4.69) is 38.2 Å². The van der Waals surface area contributed by atoms with Gasteiger partial charge in [0.15, 0.2) is 0 Å². The molecule has 3 rings (SSSR count). The van der Waals surface area contributed by atoms with Crippen molar-refractivity contribution in [2.24, 2.45) is 0 Å². The monoisotopic (exact) mass is 474 g/mol. The number of alkyl halides is 3. The minimum absolute atomic E-state index is 0.0576. The van der Waals surface area contributed by atoms with Crippen molar-refractivity contribution in [3.05, 3.63) is 35.9 Å². The molecule has 5 nitrogen and oxygen atoms in total. The van der Waals surface area contributed by atoms with Crippen molar-refractivity contribution < 1.29 is 14.3 Å². The number of piperidine rings is 1. The first kappa shape index (κ1) is 23.8. The number of hydrogen-bond donors (Lipinski definition) is 1. The molecule has 1 aromatic carbocycles. The number of rotatable bonds is 5. The first-order valence-corrected chi connectivity index (χ1v) is 11.6. The van der Waals surface area contributed by atoms with E-state index in [4.69, 9.17) is 39.6 Å². The summed E-state index contributed by atoms with van der Waals surface area (Å²) in [6.07, 6.45) is 4.97. The van der Waals surface area contributed by atoms with Crippen molar-refractivity contribution in [3.63, 3.8) is 0 Å². The lowest BCUT2D eigenvalue weighted by molar-refractivity contribution is -0.608. The van der Waals surface area contributed by atoms with Gasteiger partial charge in [0.25, 0.3) is 3.79 Å². The predicted octanol–water partition coefficient (Wildman–Crippen LogP) is 5.03. The zero-order valence-corrected chi connectivity index (χ0v) is 20.3. The van der Waals surface area contributed by atoms with Crippen LogP contribution in [0.25, 0.3) is 0 Å². The molecule has 8 heteroatoms. The summed E-state index contributed by atoms with van der Waals surface area (Å²) in [6.45, 7) is 9.29. The summed E-state index contributed by atoms with van der Waals surface area (Å²) in [5.74, 6) is -0.675. The van der Waals surface area contributed by atoms with Crippen LogP contribution in [0, 0.1) is 0 Å². The number of halogens is 3. The van der Waals surface area contributed by atoms with E-state index in [0.717, 1.165) is 37.0 Å². The van der Waals surface area contributed by atoms with Crippen LogP contribution < -0.4 is 5.43 Å². The number of carbonyl (C=O) groups excluding carboxylic acids is 1. The molecular formula is C22H31Cl3N3O2+. The van der Waals surface area contributed by atoms with Crippen LogP contribution in [-0.2, 0) is 9.63 Å². The number of benzene rings is 1. The summed E-state index contributed by atoms with van der Waals surface area (Å²) in [5, 5.41) is 2.14. The Kier molecular flexibility index (Phi) is 7.10. The molecule has 0 aliphatic carbocycles. The Morgan fingerprint density at radius 3 is 2.33 bits per heavy atom. The van der Waals surface area contributed by atoms with Gasteiger partial charge in [0.05, 0.1) is 0 Å². The molecule has 1 amide bonds. The molecule has 2 aliphatic heterocycles. The van der Waals surface area contributed by atoms with Crippen LogP contribution >= 0.6 is 34.8 Å². The lowest BCUT2D eigenvalue weighted by atomic mass is 9.82. The average molecular weight is 476 g/mol. The number of hydroxylamine groups is 2. The number of hydrazine groups is 1. The van der Waals surface area contributed by atoms with E-state index in [0.29, 0.717) is 6.61 Å². The number of hydrogen-bond acceptors (Lipinski definition) is 3. The molecule has 1 unspecified atom stereocenters. The average Bonchev–Trinajstić information content (AvgIpc) is 3.03. The summed E-state index contributed by atoms with van der Waals surface area (Å²) in [5.41, 5.74) is 4.72. The van der Waals surface area contributed by atoms with Gasteiger partial charge in [-0.1, -0.05) is 53.0 Å². The van der Waals surface area contributed by atoms with E-state index in [1.165, 1.54) is 6.42 Å². The molecule has 1 N–H and O–H groups in total. The third kappa shape index (κ3) is 5.31. The lowest BCUT2D eigenvalue weighted by Gasteiger charge is -2.51. The Morgan fingerprint density at radius 1 is 1.17 bits per heavy atom. The Hall–Kier alpha value is -0.850. The normalized spacial score (nSPS) is 24.2. The second-order valence-corrected chi connectivity index (χ2v) is 11.7. The van der Waals surface area contributed by atoms with Crippen LogP contribution in [0.15, 0.2) is 30.3 Å². The topological polar surface area (TPSA) is 44.6 Å². The maximum Gasteiger partial charge on any atom is 0.325 e. The van der Waals surface area contributed by atoms with Crippen LogP contribution in [0.3, 0.4) is 0 Å². The molecule has 0 bridgehead atoms. The second kappa shape index (κ2) is 8.95. The van der Waals surface area contributed by atoms with E-state index in [1.807, 2.05) is 35.0 Å². The van der Waals surface area contributed by atoms with Crippen molar-refractivity contribution in [2.45, 2.75) is 80.7 Å². The predicted molar refractivity (Wildman–Crippen MR) is 122 cm³/mol. The highest BCUT2D eigenvalue weighted by molar-refractivity contribution is 6.76. The summed E-state index contributed by atoms with van der Waals surface area (Å²) in [7, 11) is 0. The first-order valence-electron chi connectivity index (χ1n) is 10.4. The molecule has 0 radical (unpaired) electrons. The number of nitrogens with zero attached hydrogens (tertiary/aromatic N) is 2. The number of carbonyl (C=O) groups is 1. The van der Waals surface area contributed by atoms with Crippen LogP contribution in [0.1, 0.15) is 65.4 Å². The van der Waals surface area contributed by atoms with Gasteiger partial charge in [0.1, 0.15) is 6.61 Å². The summed E-state index contributed by atoms with van der Waals surface area (Å²) < 4.78 is -0.212. The van der Waals surface area contributed by atoms with Crippen LogP contribution in [-0.4, -0.2) is 48.9 Å². The molecular weight excluding hydrogens is 445 g/mol. The molecule has 1 saturated heterocycles. The van der Waals surface area contributed by atoms with E-state index >= 15 is 0 Å². The van der Waals surface area contributed by atoms with Gasteiger partial charge in [-0.25, -0.2) is 0 Å². The molecule has 166 valence electrons. The summed E-state index contributed by atoms with van der Waals surface area (Å²) >= 11 is 17.5. The highest BCUT2D eigenvalue weighted by atomic mass is 35.6. The van der Waals surface area contributed by atoms with Gasteiger partial charge in [0.2, 0.25) is 11.8 Å². The molecule has 2 heterocycles. The Bertz CT molecular complexity index is 788. The van der Waals surface area contributed by atoms with Crippen molar-refractivity contribution >= 4 is 46.4 Å². The van der Waals surface area contributed by atoms with Crippen molar-refractivity contribution in [1.29, 1.82) is 0 Å². The first-order chi connectivity index (χ1) is 13.9. The van der Waals surface area contributed by atoms with Gasteiger partial charge in [-0.2, -0.15) is 5.06 Å². The summed E-state index contributed by atoms with van der Waals surface area (Å²) in [6, 6.07) is 9.88. The lowest BCUT2D eigenvalue weighted by Crippen LogP contribution is -2.59. The van der Waals surface area contributed by atoms with Crippen LogP contribution in [0.2, 0.25) is 0 Å². The van der Waals surface area contributed by atoms with Gasteiger partial charge < -0.3 is 0 Å². The van der Waals surface area contributed by atoms with E-state index in [9.17, 15) is 4.79 Å². The minimum Gasteiger partial charge on any atom is -0.291 e. The number of nitrogens with one attached hydrogen (secondary N) is 1. The van der Waals surface area contributed by atoms with E-state index in [1.54, 1.807) is 0 Å². The molecule has 1 atom stereocenters. The third-order valence-corrected chi connectivity index (χ3v) is 6.54. The van der Waals surface area contributed by atoms with Crippen molar-refractivity contribution in [2.75, 3.05) is 6.61 Å². The smallest absolute Gasteiger partial charge is 0.291 e. The molecule has 0 saturated carbocycles. The number of hydrazone groups is 1. The molecule has 1 fully saturated rings. The standard InChI is InChI=1S/C22H30Cl3N3O2/c1-20(2)13-8-14-21(3,4)28(20)30-15-17-11-12-18(16-9-6-5-7-10-16)27(17)26-19(29)22(23,24)25/h5-7,9-10,17H,8,11-15H2,1-4H3/p+1. The quantitative estimate of drug-likeness (QED) is 0.480. The van der Waals surface area contributed by atoms with Gasteiger partial charge >= 0.3 is 5.91 Å². The fourth-order valence-corrected chi connectivity index (χ4v) is 4.79. The van der Waals surface area contributed by atoms with Gasteiger partial charge in [-0.3, -0.25) is 9.63 Å². The minimum atomic E-state index is -2.04. The fraction of sp³-hybridized carbons (Fsp3) is 0.636.